The summed E-state index contributed by atoms with van der Waals surface area (Å²) in [7, 11) is 0. The summed E-state index contributed by atoms with van der Waals surface area (Å²) in [5.74, 6) is -0.00703. The van der Waals surface area contributed by atoms with Crippen LogP contribution in [0.1, 0.15) is 19.5 Å². The van der Waals surface area contributed by atoms with Gasteiger partial charge >= 0.3 is 0 Å². The van der Waals surface area contributed by atoms with Gasteiger partial charge in [0, 0.05) is 17.9 Å². The molecule has 0 aliphatic carbocycles. The fraction of sp³-hybridized carbons (Fsp3) is 0.333. The zero-order chi connectivity index (χ0) is 9.84. The number of aromatic nitrogens is 1. The normalized spacial score (nSPS) is 10.1. The molecule has 0 saturated heterocycles. The Morgan fingerprint density at radius 1 is 1.62 bits per heavy atom. The minimum atomic E-state index is -0.00703. The van der Waals surface area contributed by atoms with E-state index in [0.29, 0.717) is 11.7 Å². The van der Waals surface area contributed by atoms with Crippen molar-refractivity contribution in [2.24, 2.45) is 5.73 Å². The average Bonchev–Trinajstić information content (AvgIpc) is 2.03. The van der Waals surface area contributed by atoms with Gasteiger partial charge in [0.2, 0.25) is 0 Å². The van der Waals surface area contributed by atoms with Crippen molar-refractivity contribution in [3.8, 4) is 0 Å². The van der Waals surface area contributed by atoms with Gasteiger partial charge in [-0.3, -0.25) is 10.4 Å². The first kappa shape index (κ1) is 9.51. The summed E-state index contributed by atoms with van der Waals surface area (Å²) in [6, 6.07) is 3.98. The lowest BCUT2D eigenvalue weighted by Gasteiger charge is -2.09. The van der Waals surface area contributed by atoms with Gasteiger partial charge in [-0.05, 0) is 26.0 Å². The lowest BCUT2D eigenvalue weighted by Crippen LogP contribution is -2.15. The van der Waals surface area contributed by atoms with Crippen LogP contribution >= 0.6 is 0 Å². The molecule has 0 spiro atoms. The summed E-state index contributed by atoms with van der Waals surface area (Å²) < 4.78 is 0. The number of nitrogens with one attached hydrogen (secondary N) is 2. The molecule has 0 radical (unpaired) electrons. The first-order valence-electron chi connectivity index (χ1n) is 4.16. The van der Waals surface area contributed by atoms with E-state index in [4.69, 9.17) is 11.1 Å². The Morgan fingerprint density at radius 3 is 2.85 bits per heavy atom. The first-order chi connectivity index (χ1) is 6.09. The maximum Gasteiger partial charge on any atom is 0.141 e. The van der Waals surface area contributed by atoms with E-state index in [2.05, 4.69) is 10.3 Å². The minimum Gasteiger partial charge on any atom is -0.383 e. The monoisotopic (exact) mass is 178 g/mol. The number of anilines is 1. The van der Waals surface area contributed by atoms with Crippen LogP contribution in [0, 0.1) is 5.41 Å². The number of rotatable bonds is 3. The van der Waals surface area contributed by atoms with Crippen molar-refractivity contribution in [2.75, 3.05) is 5.32 Å². The van der Waals surface area contributed by atoms with Crippen molar-refractivity contribution in [1.82, 2.24) is 4.98 Å². The molecule has 0 atom stereocenters. The summed E-state index contributed by atoms with van der Waals surface area (Å²) >= 11 is 0. The fourth-order valence-corrected chi connectivity index (χ4v) is 1.00. The summed E-state index contributed by atoms with van der Waals surface area (Å²) in [5, 5.41) is 10.4. The van der Waals surface area contributed by atoms with Crippen LogP contribution in [0.3, 0.4) is 0 Å². The minimum absolute atomic E-state index is 0.00703. The topological polar surface area (TPSA) is 74.8 Å². The number of nitrogens with zero attached hydrogens (tertiary/aromatic N) is 1. The number of amidine groups is 1. The van der Waals surface area contributed by atoms with Crippen molar-refractivity contribution in [3.63, 3.8) is 0 Å². The van der Waals surface area contributed by atoms with Crippen LogP contribution < -0.4 is 11.1 Å². The highest BCUT2D eigenvalue weighted by Gasteiger charge is 2.00. The molecule has 13 heavy (non-hydrogen) atoms. The highest BCUT2D eigenvalue weighted by Crippen LogP contribution is 2.08. The zero-order valence-corrected chi connectivity index (χ0v) is 7.83. The van der Waals surface area contributed by atoms with Gasteiger partial charge in [-0.25, -0.2) is 0 Å². The third kappa shape index (κ3) is 2.74. The third-order valence-corrected chi connectivity index (χ3v) is 1.49. The number of nitrogens with two attached hydrogens (primary N) is 1. The molecule has 1 aromatic heterocycles. The van der Waals surface area contributed by atoms with E-state index >= 15 is 0 Å². The van der Waals surface area contributed by atoms with Crippen molar-refractivity contribution in [2.45, 2.75) is 19.9 Å². The predicted octanol–water partition coefficient (Wildman–Crippen LogP) is 1.19. The summed E-state index contributed by atoms with van der Waals surface area (Å²) in [5.41, 5.74) is 6.75. The van der Waals surface area contributed by atoms with Gasteiger partial charge in [-0.2, -0.15) is 0 Å². The van der Waals surface area contributed by atoms with Crippen molar-refractivity contribution in [1.29, 1.82) is 5.41 Å². The summed E-state index contributed by atoms with van der Waals surface area (Å²) in [4.78, 5) is 3.96. The van der Waals surface area contributed by atoms with E-state index in [1.165, 1.54) is 0 Å². The van der Waals surface area contributed by atoms with Crippen molar-refractivity contribution in [3.05, 3.63) is 24.0 Å². The molecular weight excluding hydrogens is 164 g/mol. The van der Waals surface area contributed by atoms with E-state index in [0.717, 1.165) is 5.69 Å². The van der Waals surface area contributed by atoms with Crippen LogP contribution in [0.2, 0.25) is 0 Å². The smallest absolute Gasteiger partial charge is 0.141 e. The molecule has 0 saturated carbocycles. The van der Waals surface area contributed by atoms with Crippen molar-refractivity contribution < 1.29 is 0 Å². The highest BCUT2D eigenvalue weighted by molar-refractivity contribution is 5.93. The second-order valence-electron chi connectivity index (χ2n) is 3.14. The van der Waals surface area contributed by atoms with E-state index in [1.54, 1.807) is 12.3 Å². The van der Waals surface area contributed by atoms with Gasteiger partial charge in [0.1, 0.15) is 11.5 Å². The highest BCUT2D eigenvalue weighted by atomic mass is 14.9. The molecule has 1 heterocycles. The Morgan fingerprint density at radius 2 is 2.31 bits per heavy atom. The van der Waals surface area contributed by atoms with E-state index in [-0.39, 0.29) is 5.84 Å². The van der Waals surface area contributed by atoms with E-state index < -0.39 is 0 Å². The van der Waals surface area contributed by atoms with E-state index in [9.17, 15) is 0 Å². The molecule has 70 valence electrons. The van der Waals surface area contributed by atoms with Crippen LogP contribution in [0.25, 0.3) is 0 Å². The zero-order valence-electron chi connectivity index (χ0n) is 7.83. The van der Waals surface area contributed by atoms with Crippen molar-refractivity contribution >= 4 is 11.5 Å². The van der Waals surface area contributed by atoms with Gasteiger partial charge in [0.25, 0.3) is 0 Å². The second-order valence-corrected chi connectivity index (χ2v) is 3.14. The molecule has 4 N–H and O–H groups in total. The van der Waals surface area contributed by atoms with Crippen LogP contribution in [0.5, 0.6) is 0 Å². The molecule has 0 amide bonds. The molecule has 4 nitrogen and oxygen atoms in total. The standard InChI is InChI=1S/C9H14N4/c1-6(2)13-7-3-4-12-8(5-7)9(10)11/h3-6H,1-2H3,(H3,10,11)(H,12,13). The molecule has 0 aliphatic heterocycles. The van der Waals surface area contributed by atoms with Crippen LogP contribution in [-0.4, -0.2) is 16.9 Å². The second kappa shape index (κ2) is 3.89. The lowest BCUT2D eigenvalue weighted by molar-refractivity contribution is 0.898. The number of hydrogen-bond acceptors (Lipinski definition) is 3. The molecule has 0 aliphatic rings. The van der Waals surface area contributed by atoms with Gasteiger partial charge in [-0.1, -0.05) is 0 Å². The summed E-state index contributed by atoms with van der Waals surface area (Å²) in [6.07, 6.45) is 1.64. The molecule has 1 aromatic rings. The lowest BCUT2D eigenvalue weighted by atomic mass is 10.3. The Balaban J connectivity index is 2.85. The predicted molar refractivity (Wildman–Crippen MR) is 54.0 cm³/mol. The summed E-state index contributed by atoms with van der Waals surface area (Å²) in [6.45, 7) is 4.10. The maximum atomic E-state index is 7.20. The Hall–Kier alpha value is -1.58. The van der Waals surface area contributed by atoms with E-state index in [1.807, 2.05) is 19.9 Å². The quantitative estimate of drug-likeness (QED) is 0.480. The molecule has 4 heteroatoms. The fourth-order valence-electron chi connectivity index (χ4n) is 1.00. The average molecular weight is 178 g/mol. The number of pyridine rings is 1. The Labute approximate surface area is 77.7 Å². The SMILES string of the molecule is CC(C)Nc1ccnc(C(=N)N)c1. The van der Waals surface area contributed by atoms with Gasteiger partial charge in [0.15, 0.2) is 0 Å². The third-order valence-electron chi connectivity index (χ3n) is 1.49. The number of hydrogen-bond donors (Lipinski definition) is 3. The van der Waals surface area contributed by atoms with Crippen LogP contribution in [0.4, 0.5) is 5.69 Å². The number of nitrogen functional groups attached to an aromatic ring is 1. The van der Waals surface area contributed by atoms with Gasteiger partial charge in [0.05, 0.1) is 0 Å². The molecule has 0 bridgehead atoms. The molecular formula is C9H14N4. The molecule has 0 unspecified atom stereocenters. The maximum absolute atomic E-state index is 7.20. The molecule has 1 rings (SSSR count). The Kier molecular flexibility index (Phi) is 2.84. The molecule has 0 aromatic carbocycles. The van der Waals surface area contributed by atoms with Gasteiger partial charge < -0.3 is 11.1 Å². The van der Waals surface area contributed by atoms with Gasteiger partial charge in [-0.15, -0.1) is 0 Å². The van der Waals surface area contributed by atoms with Crippen LogP contribution in [-0.2, 0) is 0 Å². The Bertz CT molecular complexity index is 306. The largest absolute Gasteiger partial charge is 0.383 e. The first-order valence-corrected chi connectivity index (χ1v) is 4.16. The molecule has 0 fully saturated rings. The van der Waals surface area contributed by atoms with Crippen LogP contribution in [0.15, 0.2) is 18.3 Å².